The van der Waals surface area contributed by atoms with Crippen molar-refractivity contribution in [2.75, 3.05) is 39.0 Å². The monoisotopic (exact) mass is 341 g/mol. The first-order valence-electron chi connectivity index (χ1n) is 9.72. The molecule has 3 rings (SSSR count). The first-order valence-corrected chi connectivity index (χ1v) is 9.72. The van der Waals surface area contributed by atoms with E-state index in [0.717, 1.165) is 44.7 Å². The number of hydrogen-bond acceptors (Lipinski definition) is 3. The number of likely N-dealkylation sites (N-methyl/N-ethyl adjacent to an activating group) is 1. The molecule has 1 aromatic carbocycles. The third kappa shape index (κ3) is 3.93. The van der Waals surface area contributed by atoms with Crippen LogP contribution in [-0.2, 0) is 5.54 Å². The predicted molar refractivity (Wildman–Crippen MR) is 109 cm³/mol. The number of allylic oxidation sites excluding steroid dienone is 2. The van der Waals surface area contributed by atoms with Crippen LogP contribution in [0.4, 0.5) is 5.69 Å². The van der Waals surface area contributed by atoms with Gasteiger partial charge in [0.25, 0.3) is 0 Å². The Morgan fingerprint density at radius 3 is 2.36 bits per heavy atom. The second kappa shape index (κ2) is 6.77. The molecule has 0 aromatic heterocycles. The van der Waals surface area contributed by atoms with Gasteiger partial charge in [-0.3, -0.25) is 4.90 Å². The van der Waals surface area contributed by atoms with Crippen molar-refractivity contribution in [1.29, 1.82) is 0 Å². The van der Waals surface area contributed by atoms with Crippen molar-refractivity contribution in [3.05, 3.63) is 35.4 Å². The Hall–Kier alpha value is -1.32. The van der Waals surface area contributed by atoms with Crippen LogP contribution in [0.2, 0.25) is 0 Å². The molecule has 0 atom stereocenters. The van der Waals surface area contributed by atoms with Crippen molar-refractivity contribution in [2.45, 2.75) is 52.5 Å². The minimum Gasteiger partial charge on any atom is -0.398 e. The normalized spacial score (nSPS) is 22.7. The molecule has 25 heavy (non-hydrogen) atoms. The lowest BCUT2D eigenvalue weighted by Crippen LogP contribution is -2.52. The van der Waals surface area contributed by atoms with Crippen molar-refractivity contribution in [3.8, 4) is 0 Å². The maximum atomic E-state index is 6.37. The van der Waals surface area contributed by atoms with Crippen LogP contribution < -0.4 is 5.73 Å². The van der Waals surface area contributed by atoms with Gasteiger partial charge in [-0.25, -0.2) is 0 Å². The SMILES string of the molecule is CN1CCN(C(C)(C)c2ccc(N)c(C3=CCC(C)(C)CC3)c2)CC1. The fourth-order valence-corrected chi connectivity index (χ4v) is 4.08. The minimum absolute atomic E-state index is 0.0399. The molecule has 3 nitrogen and oxygen atoms in total. The summed E-state index contributed by atoms with van der Waals surface area (Å²) in [5.41, 5.74) is 11.8. The summed E-state index contributed by atoms with van der Waals surface area (Å²) in [5.74, 6) is 0. The van der Waals surface area contributed by atoms with Crippen LogP contribution >= 0.6 is 0 Å². The molecule has 138 valence electrons. The van der Waals surface area contributed by atoms with Crippen LogP contribution in [0.1, 0.15) is 58.1 Å². The highest BCUT2D eigenvalue weighted by atomic mass is 15.3. The molecule has 1 aliphatic carbocycles. The van der Waals surface area contributed by atoms with E-state index in [4.69, 9.17) is 5.73 Å². The summed E-state index contributed by atoms with van der Waals surface area (Å²) >= 11 is 0. The van der Waals surface area contributed by atoms with Crippen molar-refractivity contribution < 1.29 is 0 Å². The lowest BCUT2D eigenvalue weighted by atomic mass is 9.76. The third-order valence-electron chi connectivity index (χ3n) is 6.37. The third-order valence-corrected chi connectivity index (χ3v) is 6.37. The number of nitrogens with two attached hydrogens (primary N) is 1. The molecule has 1 saturated heterocycles. The number of piperazine rings is 1. The second-order valence-corrected chi connectivity index (χ2v) is 9.25. The van der Waals surface area contributed by atoms with Crippen molar-refractivity contribution in [3.63, 3.8) is 0 Å². The van der Waals surface area contributed by atoms with Crippen LogP contribution in [0.15, 0.2) is 24.3 Å². The highest BCUT2D eigenvalue weighted by Crippen LogP contribution is 2.40. The summed E-state index contributed by atoms with van der Waals surface area (Å²) in [4.78, 5) is 5.02. The zero-order valence-corrected chi connectivity index (χ0v) is 16.7. The standard InChI is InChI=1S/C22H35N3/c1-21(2)10-8-17(9-11-21)19-16-18(6-7-20(19)23)22(3,4)25-14-12-24(5)13-15-25/h6-8,16H,9-15,23H2,1-5H3. The fourth-order valence-electron chi connectivity index (χ4n) is 4.08. The zero-order valence-electron chi connectivity index (χ0n) is 16.7. The molecule has 2 N–H and O–H groups in total. The van der Waals surface area contributed by atoms with Gasteiger partial charge in [0, 0.05) is 43.0 Å². The number of hydrogen-bond donors (Lipinski definition) is 1. The van der Waals surface area contributed by atoms with Gasteiger partial charge in [-0.1, -0.05) is 26.0 Å². The molecule has 1 heterocycles. The lowest BCUT2D eigenvalue weighted by molar-refractivity contribution is 0.0606. The molecule has 1 aromatic rings. The van der Waals surface area contributed by atoms with Gasteiger partial charge >= 0.3 is 0 Å². The summed E-state index contributed by atoms with van der Waals surface area (Å²) in [6, 6.07) is 6.70. The van der Waals surface area contributed by atoms with E-state index in [1.54, 1.807) is 0 Å². The molecule has 2 aliphatic rings. The van der Waals surface area contributed by atoms with E-state index in [-0.39, 0.29) is 5.54 Å². The Morgan fingerprint density at radius 2 is 1.76 bits per heavy atom. The van der Waals surface area contributed by atoms with Gasteiger partial charge in [0.05, 0.1) is 0 Å². The van der Waals surface area contributed by atoms with Gasteiger partial charge < -0.3 is 10.6 Å². The summed E-state index contributed by atoms with van der Waals surface area (Å²) < 4.78 is 0. The van der Waals surface area contributed by atoms with Crippen LogP contribution in [0.5, 0.6) is 0 Å². The number of nitrogen functional groups attached to an aromatic ring is 1. The molecule has 0 bridgehead atoms. The van der Waals surface area contributed by atoms with Crippen LogP contribution in [0, 0.1) is 5.41 Å². The zero-order chi connectivity index (χ0) is 18.2. The lowest BCUT2D eigenvalue weighted by Gasteiger charge is -2.44. The number of rotatable bonds is 3. The molecular formula is C22H35N3. The van der Waals surface area contributed by atoms with Gasteiger partial charge in [-0.2, -0.15) is 0 Å². The van der Waals surface area contributed by atoms with E-state index in [9.17, 15) is 0 Å². The summed E-state index contributed by atoms with van der Waals surface area (Å²) in [6.07, 6.45) is 5.94. The fraction of sp³-hybridized carbons (Fsp3) is 0.636. The number of nitrogens with zero attached hydrogens (tertiary/aromatic N) is 2. The van der Waals surface area contributed by atoms with Gasteiger partial charge in [0.2, 0.25) is 0 Å². The Kier molecular flexibility index (Phi) is 5.00. The largest absolute Gasteiger partial charge is 0.398 e. The molecule has 0 amide bonds. The average molecular weight is 342 g/mol. The quantitative estimate of drug-likeness (QED) is 0.830. The van der Waals surface area contributed by atoms with E-state index in [2.05, 4.69) is 68.8 Å². The van der Waals surface area contributed by atoms with Crippen molar-refractivity contribution in [1.82, 2.24) is 9.80 Å². The number of benzene rings is 1. The van der Waals surface area contributed by atoms with Crippen molar-refractivity contribution in [2.24, 2.45) is 5.41 Å². The highest BCUT2D eigenvalue weighted by molar-refractivity contribution is 5.76. The minimum atomic E-state index is 0.0399. The first-order chi connectivity index (χ1) is 11.7. The van der Waals surface area contributed by atoms with E-state index in [1.165, 1.54) is 23.1 Å². The predicted octanol–water partition coefficient (Wildman–Crippen LogP) is 4.34. The summed E-state index contributed by atoms with van der Waals surface area (Å²) in [5, 5.41) is 0. The van der Waals surface area contributed by atoms with Crippen LogP contribution in [0.25, 0.3) is 5.57 Å². The van der Waals surface area contributed by atoms with E-state index >= 15 is 0 Å². The molecule has 1 aliphatic heterocycles. The molecule has 0 radical (unpaired) electrons. The topological polar surface area (TPSA) is 32.5 Å². The van der Waals surface area contributed by atoms with Crippen LogP contribution in [0.3, 0.4) is 0 Å². The molecule has 0 spiro atoms. The maximum absolute atomic E-state index is 6.37. The maximum Gasteiger partial charge on any atom is 0.0405 e. The molecular weight excluding hydrogens is 306 g/mol. The smallest absolute Gasteiger partial charge is 0.0405 e. The van der Waals surface area contributed by atoms with Crippen molar-refractivity contribution >= 4 is 11.3 Å². The molecule has 1 fully saturated rings. The summed E-state index contributed by atoms with van der Waals surface area (Å²) in [6.45, 7) is 14.0. The Morgan fingerprint density at radius 1 is 1.08 bits per heavy atom. The molecule has 3 heteroatoms. The Labute approximate surface area is 153 Å². The van der Waals surface area contributed by atoms with Gasteiger partial charge in [0.1, 0.15) is 0 Å². The highest BCUT2D eigenvalue weighted by Gasteiger charge is 2.31. The average Bonchev–Trinajstić information content (AvgIpc) is 2.56. The Balaban J connectivity index is 1.87. The van der Waals surface area contributed by atoms with Gasteiger partial charge in [-0.15, -0.1) is 0 Å². The van der Waals surface area contributed by atoms with Gasteiger partial charge in [-0.05, 0) is 68.8 Å². The van der Waals surface area contributed by atoms with Crippen LogP contribution in [-0.4, -0.2) is 43.0 Å². The molecule has 0 unspecified atom stereocenters. The van der Waals surface area contributed by atoms with Gasteiger partial charge in [0.15, 0.2) is 0 Å². The molecule has 0 saturated carbocycles. The second-order valence-electron chi connectivity index (χ2n) is 9.25. The summed E-state index contributed by atoms with van der Waals surface area (Å²) in [7, 11) is 2.21. The van der Waals surface area contributed by atoms with E-state index in [0.29, 0.717) is 5.41 Å². The van der Waals surface area contributed by atoms with E-state index < -0.39 is 0 Å². The van der Waals surface area contributed by atoms with E-state index in [1.807, 2.05) is 0 Å². The number of anilines is 1. The first kappa shape index (κ1) is 18.5. The Bertz CT molecular complexity index is 649.